The topological polar surface area (TPSA) is 93.7 Å². The lowest BCUT2D eigenvalue weighted by Crippen LogP contribution is -2.41. The molecule has 0 aliphatic heterocycles. The Kier molecular flexibility index (Phi) is 7.00. The minimum absolute atomic E-state index is 0.0490. The highest BCUT2D eigenvalue weighted by Crippen LogP contribution is 2.28. The van der Waals surface area contributed by atoms with E-state index in [2.05, 4.69) is 0 Å². The minimum atomic E-state index is -4.32. The molecule has 0 saturated carbocycles. The lowest BCUT2D eigenvalue weighted by atomic mass is 10.2. The molecule has 2 N–H and O–H groups in total. The van der Waals surface area contributed by atoms with Crippen LogP contribution in [0.5, 0.6) is 11.5 Å². The predicted molar refractivity (Wildman–Crippen MR) is 98.0 cm³/mol. The van der Waals surface area contributed by atoms with E-state index in [4.69, 9.17) is 21.1 Å². The number of hydrogen-bond acceptors (Lipinski definition) is 5. The highest BCUT2D eigenvalue weighted by atomic mass is 35.5. The Balaban J connectivity index is 2.12. The fourth-order valence-corrected chi connectivity index (χ4v) is 3.13. The van der Waals surface area contributed by atoms with Gasteiger partial charge in [0.25, 0.3) is 15.9 Å². The van der Waals surface area contributed by atoms with Gasteiger partial charge in [-0.15, -0.1) is 4.83 Å². The zero-order chi connectivity index (χ0) is 20.0. The van der Waals surface area contributed by atoms with Crippen LogP contribution in [0.2, 0.25) is 5.02 Å². The molecule has 0 bridgehead atoms. The fraction of sp³-hybridized carbons (Fsp3) is 0.235. The molecule has 2 rings (SSSR count). The SMILES string of the molecule is CCCOc1ccc(C(=O)NNS(=O)(=O)c2ccc(Cl)cc2F)cc1OC. The summed E-state index contributed by atoms with van der Waals surface area (Å²) in [5.41, 5.74) is 2.14. The number of hydrazine groups is 1. The molecule has 0 unspecified atom stereocenters. The summed E-state index contributed by atoms with van der Waals surface area (Å²) in [4.78, 5) is 13.4. The number of carbonyl (C=O) groups is 1. The van der Waals surface area contributed by atoms with E-state index >= 15 is 0 Å². The van der Waals surface area contributed by atoms with Crippen LogP contribution in [0.4, 0.5) is 4.39 Å². The van der Waals surface area contributed by atoms with Crippen molar-refractivity contribution in [2.24, 2.45) is 0 Å². The normalized spacial score (nSPS) is 11.1. The maximum absolute atomic E-state index is 13.8. The maximum Gasteiger partial charge on any atom is 0.266 e. The number of nitrogens with one attached hydrogen (secondary N) is 2. The van der Waals surface area contributed by atoms with Crippen molar-refractivity contribution in [2.45, 2.75) is 18.2 Å². The number of sulfonamides is 1. The summed E-state index contributed by atoms with van der Waals surface area (Å²) in [6, 6.07) is 7.46. The Morgan fingerprint density at radius 3 is 2.56 bits per heavy atom. The van der Waals surface area contributed by atoms with Gasteiger partial charge in [0.2, 0.25) is 0 Å². The van der Waals surface area contributed by atoms with Crippen molar-refractivity contribution in [3.05, 3.63) is 52.8 Å². The van der Waals surface area contributed by atoms with E-state index in [9.17, 15) is 17.6 Å². The van der Waals surface area contributed by atoms with Crippen LogP contribution in [-0.4, -0.2) is 28.0 Å². The third kappa shape index (κ3) is 5.31. The van der Waals surface area contributed by atoms with Crippen LogP contribution in [0.25, 0.3) is 0 Å². The van der Waals surface area contributed by atoms with Gasteiger partial charge in [-0.25, -0.2) is 12.8 Å². The van der Waals surface area contributed by atoms with Crippen LogP contribution in [0, 0.1) is 5.82 Å². The molecule has 27 heavy (non-hydrogen) atoms. The molecule has 0 spiro atoms. The van der Waals surface area contributed by atoms with Gasteiger partial charge in [0.1, 0.15) is 10.7 Å². The number of rotatable bonds is 8. The molecule has 0 aromatic heterocycles. The first-order valence-electron chi connectivity index (χ1n) is 7.86. The molecule has 0 aliphatic rings. The van der Waals surface area contributed by atoms with Crippen LogP contribution in [-0.2, 0) is 10.0 Å². The quantitative estimate of drug-likeness (QED) is 0.645. The Morgan fingerprint density at radius 1 is 1.19 bits per heavy atom. The molecule has 2 aromatic carbocycles. The number of methoxy groups -OCH3 is 1. The second-order valence-electron chi connectivity index (χ2n) is 5.35. The molecule has 146 valence electrons. The van der Waals surface area contributed by atoms with Gasteiger partial charge >= 0.3 is 0 Å². The summed E-state index contributed by atoms with van der Waals surface area (Å²) in [6.07, 6.45) is 0.800. The van der Waals surface area contributed by atoms with Crippen molar-refractivity contribution < 1.29 is 27.1 Å². The number of carbonyl (C=O) groups excluding carboxylic acids is 1. The Labute approximate surface area is 161 Å². The second kappa shape index (κ2) is 9.03. The zero-order valence-electron chi connectivity index (χ0n) is 14.6. The van der Waals surface area contributed by atoms with Gasteiger partial charge in [-0.1, -0.05) is 18.5 Å². The Bertz CT molecular complexity index is 937. The fourth-order valence-electron chi connectivity index (χ4n) is 2.07. The number of ether oxygens (including phenoxy) is 2. The summed E-state index contributed by atoms with van der Waals surface area (Å²) in [6.45, 7) is 2.43. The molecular weight excluding hydrogens is 399 g/mol. The molecule has 0 fully saturated rings. The summed E-state index contributed by atoms with van der Waals surface area (Å²) < 4.78 is 48.7. The van der Waals surface area contributed by atoms with Crippen molar-refractivity contribution in [3.8, 4) is 11.5 Å². The molecule has 0 saturated heterocycles. The average molecular weight is 417 g/mol. The summed E-state index contributed by atoms with van der Waals surface area (Å²) in [5, 5.41) is 0.0490. The van der Waals surface area contributed by atoms with Gasteiger partial charge in [-0.05, 0) is 42.8 Å². The first kappa shape index (κ1) is 20.9. The molecule has 0 atom stereocenters. The van der Waals surface area contributed by atoms with Gasteiger partial charge in [0.15, 0.2) is 11.5 Å². The van der Waals surface area contributed by atoms with Crippen molar-refractivity contribution in [1.82, 2.24) is 10.3 Å². The minimum Gasteiger partial charge on any atom is -0.493 e. The van der Waals surface area contributed by atoms with E-state index in [0.29, 0.717) is 18.1 Å². The molecule has 0 heterocycles. The highest BCUT2D eigenvalue weighted by Gasteiger charge is 2.20. The van der Waals surface area contributed by atoms with E-state index in [1.165, 1.54) is 31.4 Å². The molecule has 2 aromatic rings. The standard InChI is InChI=1S/C17H18ClFN2O5S/c1-3-8-26-14-6-4-11(9-15(14)25-2)17(22)20-21-27(23,24)16-7-5-12(18)10-13(16)19/h4-7,9-10,21H,3,8H2,1-2H3,(H,20,22). The summed E-state index contributed by atoms with van der Waals surface area (Å²) in [7, 11) is -2.90. The van der Waals surface area contributed by atoms with E-state index in [1.807, 2.05) is 17.2 Å². The van der Waals surface area contributed by atoms with Crippen LogP contribution >= 0.6 is 11.6 Å². The zero-order valence-corrected chi connectivity index (χ0v) is 16.2. The molecular formula is C17H18ClFN2O5S. The van der Waals surface area contributed by atoms with Crippen molar-refractivity contribution >= 4 is 27.5 Å². The van der Waals surface area contributed by atoms with Crippen molar-refractivity contribution in [3.63, 3.8) is 0 Å². The first-order valence-corrected chi connectivity index (χ1v) is 9.72. The molecule has 1 amide bonds. The molecule has 7 nitrogen and oxygen atoms in total. The molecule has 10 heteroatoms. The average Bonchev–Trinajstić information content (AvgIpc) is 2.64. The van der Waals surface area contributed by atoms with Crippen LogP contribution in [0.1, 0.15) is 23.7 Å². The number of hydrogen-bond donors (Lipinski definition) is 2. The lowest BCUT2D eigenvalue weighted by Gasteiger charge is -2.12. The molecule has 0 aliphatic carbocycles. The third-order valence-corrected chi connectivity index (χ3v) is 4.89. The summed E-state index contributed by atoms with van der Waals surface area (Å²) in [5.74, 6) is -1.01. The maximum atomic E-state index is 13.8. The van der Waals surface area contributed by atoms with Crippen molar-refractivity contribution in [1.29, 1.82) is 0 Å². The largest absolute Gasteiger partial charge is 0.493 e. The van der Waals surface area contributed by atoms with Gasteiger partial charge in [0, 0.05) is 10.6 Å². The Hall–Kier alpha value is -2.36. The van der Waals surface area contributed by atoms with E-state index in [-0.39, 0.29) is 10.6 Å². The first-order chi connectivity index (χ1) is 12.8. The predicted octanol–water partition coefficient (Wildman–Crippen LogP) is 2.90. The van der Waals surface area contributed by atoms with Crippen LogP contribution in [0.15, 0.2) is 41.3 Å². The van der Waals surface area contributed by atoms with Gasteiger partial charge in [-0.3, -0.25) is 10.2 Å². The highest BCUT2D eigenvalue weighted by molar-refractivity contribution is 7.89. The number of halogens is 2. The molecule has 0 radical (unpaired) electrons. The number of amides is 1. The van der Waals surface area contributed by atoms with Crippen LogP contribution in [0.3, 0.4) is 0 Å². The van der Waals surface area contributed by atoms with Crippen molar-refractivity contribution in [2.75, 3.05) is 13.7 Å². The third-order valence-electron chi connectivity index (χ3n) is 3.37. The monoisotopic (exact) mass is 416 g/mol. The van der Waals surface area contributed by atoms with E-state index in [1.54, 1.807) is 0 Å². The van der Waals surface area contributed by atoms with E-state index < -0.39 is 26.6 Å². The van der Waals surface area contributed by atoms with Gasteiger partial charge < -0.3 is 9.47 Å². The summed E-state index contributed by atoms with van der Waals surface area (Å²) >= 11 is 5.60. The van der Waals surface area contributed by atoms with E-state index in [0.717, 1.165) is 18.6 Å². The number of benzene rings is 2. The Morgan fingerprint density at radius 2 is 1.93 bits per heavy atom. The smallest absolute Gasteiger partial charge is 0.266 e. The second-order valence-corrected chi connectivity index (χ2v) is 7.44. The lowest BCUT2D eigenvalue weighted by molar-refractivity contribution is 0.0944. The van der Waals surface area contributed by atoms with Gasteiger partial charge in [-0.2, -0.15) is 0 Å². The van der Waals surface area contributed by atoms with Crippen LogP contribution < -0.4 is 19.7 Å². The van der Waals surface area contributed by atoms with Gasteiger partial charge in [0.05, 0.1) is 13.7 Å².